The van der Waals surface area contributed by atoms with Crippen LogP contribution in [0.5, 0.6) is 5.75 Å². The van der Waals surface area contributed by atoms with Gasteiger partial charge in [0.25, 0.3) is 0 Å². The number of rotatable bonds is 9. The summed E-state index contributed by atoms with van der Waals surface area (Å²) in [6, 6.07) is 6.25. The number of halogens is 2. The van der Waals surface area contributed by atoms with Crippen LogP contribution in [0.15, 0.2) is 29.3 Å². The summed E-state index contributed by atoms with van der Waals surface area (Å²) in [5, 5.41) is 3.40. The molecule has 5 nitrogen and oxygen atoms in total. The van der Waals surface area contributed by atoms with Crippen LogP contribution in [0.2, 0.25) is 0 Å². The summed E-state index contributed by atoms with van der Waals surface area (Å²) in [5.74, 6) is 1.90. The van der Waals surface area contributed by atoms with Gasteiger partial charge in [0, 0.05) is 32.2 Å². The summed E-state index contributed by atoms with van der Waals surface area (Å²) in [7, 11) is 0. The van der Waals surface area contributed by atoms with Gasteiger partial charge >= 0.3 is 0 Å². The van der Waals surface area contributed by atoms with E-state index in [0.717, 1.165) is 45.2 Å². The van der Waals surface area contributed by atoms with E-state index in [-0.39, 0.29) is 35.9 Å². The molecule has 0 aliphatic carbocycles. The standard InChI is InChI=1S/C21H35FN4O.HI/c1-5-23-21(26-12-11-18(16-26)15-25(6-2)7-3)24-14-17(4)27-20-10-8-9-19(22)13-20;/h8-10,13,17-18H,5-7,11-12,14-16H2,1-4H3,(H,23,24);1H. The second-order valence-corrected chi connectivity index (χ2v) is 7.17. The molecule has 1 N–H and O–H groups in total. The molecule has 1 saturated heterocycles. The molecule has 1 aliphatic heterocycles. The van der Waals surface area contributed by atoms with Crippen LogP contribution in [0, 0.1) is 11.7 Å². The Hall–Kier alpha value is -1.09. The number of nitrogens with one attached hydrogen (secondary N) is 1. The Balaban J connectivity index is 0.00000392. The number of hydrogen-bond acceptors (Lipinski definition) is 3. The zero-order valence-electron chi connectivity index (χ0n) is 17.7. The van der Waals surface area contributed by atoms with Gasteiger partial charge in [-0.3, -0.25) is 0 Å². The van der Waals surface area contributed by atoms with Crippen molar-refractivity contribution in [1.29, 1.82) is 0 Å². The van der Waals surface area contributed by atoms with E-state index in [0.29, 0.717) is 18.2 Å². The topological polar surface area (TPSA) is 40.1 Å². The van der Waals surface area contributed by atoms with Crippen molar-refractivity contribution < 1.29 is 9.13 Å². The van der Waals surface area contributed by atoms with E-state index in [9.17, 15) is 4.39 Å². The van der Waals surface area contributed by atoms with E-state index < -0.39 is 0 Å². The van der Waals surface area contributed by atoms with Crippen LogP contribution in [0.3, 0.4) is 0 Å². The summed E-state index contributed by atoms with van der Waals surface area (Å²) in [6.45, 7) is 15.3. The van der Waals surface area contributed by atoms with Crippen molar-refractivity contribution in [1.82, 2.24) is 15.1 Å². The molecule has 160 valence electrons. The zero-order chi connectivity index (χ0) is 19.6. The van der Waals surface area contributed by atoms with Crippen molar-refractivity contribution in [2.75, 3.05) is 45.8 Å². The first kappa shape index (κ1) is 24.9. The van der Waals surface area contributed by atoms with Crippen molar-refractivity contribution in [3.63, 3.8) is 0 Å². The summed E-state index contributed by atoms with van der Waals surface area (Å²) in [6.07, 6.45) is 1.09. The lowest BCUT2D eigenvalue weighted by atomic mass is 10.1. The molecule has 1 fully saturated rings. The van der Waals surface area contributed by atoms with Crippen molar-refractivity contribution >= 4 is 29.9 Å². The molecule has 0 spiro atoms. The van der Waals surface area contributed by atoms with Crippen LogP contribution >= 0.6 is 24.0 Å². The fourth-order valence-corrected chi connectivity index (χ4v) is 3.47. The van der Waals surface area contributed by atoms with Gasteiger partial charge in [0.05, 0.1) is 6.54 Å². The summed E-state index contributed by atoms with van der Waals surface area (Å²) < 4.78 is 19.1. The highest BCUT2D eigenvalue weighted by molar-refractivity contribution is 14.0. The van der Waals surface area contributed by atoms with Crippen molar-refractivity contribution in [3.05, 3.63) is 30.1 Å². The van der Waals surface area contributed by atoms with E-state index in [1.54, 1.807) is 12.1 Å². The molecule has 7 heteroatoms. The van der Waals surface area contributed by atoms with Crippen LogP contribution in [-0.4, -0.2) is 67.7 Å². The molecule has 1 aromatic rings. The Bertz CT molecular complexity index is 598. The second-order valence-electron chi connectivity index (χ2n) is 7.17. The fraction of sp³-hybridized carbons (Fsp3) is 0.667. The normalized spacial score (nSPS) is 18.1. The molecule has 1 aromatic carbocycles. The van der Waals surface area contributed by atoms with Crippen LogP contribution in [-0.2, 0) is 0 Å². The van der Waals surface area contributed by atoms with Gasteiger partial charge in [-0.15, -0.1) is 24.0 Å². The van der Waals surface area contributed by atoms with Crippen LogP contribution in [0.25, 0.3) is 0 Å². The number of aliphatic imine (C=N–C) groups is 1. The van der Waals surface area contributed by atoms with Gasteiger partial charge in [0.1, 0.15) is 17.7 Å². The molecule has 1 heterocycles. The largest absolute Gasteiger partial charge is 0.489 e. The predicted molar refractivity (Wildman–Crippen MR) is 125 cm³/mol. The lowest BCUT2D eigenvalue weighted by Crippen LogP contribution is -2.41. The van der Waals surface area contributed by atoms with Gasteiger partial charge in [-0.2, -0.15) is 0 Å². The third-order valence-corrected chi connectivity index (χ3v) is 4.96. The molecule has 0 saturated carbocycles. The maximum atomic E-state index is 13.3. The maximum absolute atomic E-state index is 13.3. The Kier molecular flexibility index (Phi) is 11.8. The molecule has 0 amide bonds. The van der Waals surface area contributed by atoms with E-state index in [1.807, 2.05) is 6.92 Å². The highest BCUT2D eigenvalue weighted by Crippen LogP contribution is 2.18. The molecule has 0 aromatic heterocycles. The first-order valence-corrected chi connectivity index (χ1v) is 10.2. The molecule has 28 heavy (non-hydrogen) atoms. The lowest BCUT2D eigenvalue weighted by Gasteiger charge is -2.24. The molecule has 1 aliphatic rings. The molecular weight excluding hydrogens is 470 g/mol. The van der Waals surface area contributed by atoms with E-state index in [1.165, 1.54) is 18.6 Å². The minimum Gasteiger partial charge on any atom is -0.489 e. The first-order valence-electron chi connectivity index (χ1n) is 10.2. The molecule has 2 unspecified atom stereocenters. The van der Waals surface area contributed by atoms with Gasteiger partial charge in [0.2, 0.25) is 0 Å². The fourth-order valence-electron chi connectivity index (χ4n) is 3.47. The average molecular weight is 506 g/mol. The number of hydrogen-bond donors (Lipinski definition) is 1. The summed E-state index contributed by atoms with van der Waals surface area (Å²) in [5.41, 5.74) is 0. The van der Waals surface area contributed by atoms with Crippen LogP contribution < -0.4 is 10.1 Å². The monoisotopic (exact) mass is 506 g/mol. The van der Waals surface area contributed by atoms with Crippen molar-refractivity contribution in [2.24, 2.45) is 10.9 Å². The van der Waals surface area contributed by atoms with Gasteiger partial charge in [-0.05, 0) is 51.4 Å². The SMILES string of the molecule is CCNC(=NCC(C)Oc1cccc(F)c1)N1CCC(CN(CC)CC)C1.I. The average Bonchev–Trinajstić information content (AvgIpc) is 3.11. The molecule has 2 atom stereocenters. The molecule has 0 radical (unpaired) electrons. The van der Waals surface area contributed by atoms with Crippen molar-refractivity contribution in [2.45, 2.75) is 40.2 Å². The summed E-state index contributed by atoms with van der Waals surface area (Å²) in [4.78, 5) is 9.61. The molecule has 2 rings (SSSR count). The van der Waals surface area contributed by atoms with Crippen LogP contribution in [0.1, 0.15) is 34.1 Å². The van der Waals surface area contributed by atoms with Gasteiger partial charge in [-0.1, -0.05) is 19.9 Å². The maximum Gasteiger partial charge on any atom is 0.194 e. The molecule has 0 bridgehead atoms. The number of benzene rings is 1. The third-order valence-electron chi connectivity index (χ3n) is 4.96. The van der Waals surface area contributed by atoms with Crippen molar-refractivity contribution in [3.8, 4) is 5.75 Å². The highest BCUT2D eigenvalue weighted by atomic mass is 127. The number of ether oxygens (including phenoxy) is 1. The zero-order valence-corrected chi connectivity index (χ0v) is 20.0. The smallest absolute Gasteiger partial charge is 0.194 e. The number of nitrogens with zero attached hydrogens (tertiary/aromatic N) is 3. The second kappa shape index (κ2) is 13.2. The van der Waals surface area contributed by atoms with Crippen LogP contribution in [0.4, 0.5) is 4.39 Å². The van der Waals surface area contributed by atoms with E-state index in [2.05, 4.69) is 35.9 Å². The Morgan fingerprint density at radius 3 is 2.75 bits per heavy atom. The highest BCUT2D eigenvalue weighted by Gasteiger charge is 2.26. The van der Waals surface area contributed by atoms with Gasteiger partial charge in [0.15, 0.2) is 5.96 Å². The van der Waals surface area contributed by atoms with E-state index >= 15 is 0 Å². The quantitative estimate of drug-likeness (QED) is 0.314. The Morgan fingerprint density at radius 2 is 2.11 bits per heavy atom. The first-order chi connectivity index (χ1) is 13.0. The third kappa shape index (κ3) is 8.11. The minimum absolute atomic E-state index is 0. The predicted octanol–water partition coefficient (Wildman–Crippen LogP) is 3.84. The summed E-state index contributed by atoms with van der Waals surface area (Å²) >= 11 is 0. The van der Waals surface area contributed by atoms with E-state index in [4.69, 9.17) is 9.73 Å². The van der Waals surface area contributed by atoms with Gasteiger partial charge < -0.3 is 19.9 Å². The number of likely N-dealkylation sites (tertiary alicyclic amines) is 1. The number of guanidine groups is 1. The lowest BCUT2D eigenvalue weighted by molar-refractivity contribution is 0.228. The minimum atomic E-state index is -0.284. The Labute approximate surface area is 186 Å². The molecular formula is C21H36FIN4O. The van der Waals surface area contributed by atoms with Gasteiger partial charge in [-0.25, -0.2) is 9.38 Å². The Morgan fingerprint density at radius 1 is 1.36 bits per heavy atom.